The first-order chi connectivity index (χ1) is 27.8. The number of hydrogen-bond donors (Lipinski definition) is 3. The summed E-state index contributed by atoms with van der Waals surface area (Å²) in [7, 11) is 0. The number of alkyl halides is 3. The smallest absolute Gasteiger partial charge is 0.422 e. The summed E-state index contributed by atoms with van der Waals surface area (Å²) < 4.78 is 61.4. The van der Waals surface area contributed by atoms with Crippen molar-refractivity contribution in [3.63, 3.8) is 0 Å². The number of aliphatic hydroxyl groups is 1. The average Bonchev–Trinajstić information content (AvgIpc) is 3.76. The Morgan fingerprint density at radius 2 is 1.67 bits per heavy atom. The number of nitrogens with one attached hydrogen (secondary N) is 2. The summed E-state index contributed by atoms with van der Waals surface area (Å²) in [5.74, 6) is -3.51. The Hall–Kier alpha value is -4.35. The Bertz CT molecular complexity index is 1800. The van der Waals surface area contributed by atoms with Gasteiger partial charge in [0.2, 0.25) is 5.91 Å². The van der Waals surface area contributed by atoms with Crippen molar-refractivity contribution in [1.82, 2.24) is 15.7 Å². The van der Waals surface area contributed by atoms with Crippen molar-refractivity contribution in [3.05, 3.63) is 76.9 Å². The molecular weight excluding hydrogens is 763 g/mol. The number of unbranched alkanes of at least 4 members (excludes halogenated alkanes) is 4. The molecule has 316 valence electrons. The van der Waals surface area contributed by atoms with Crippen LogP contribution in [0.15, 0.2) is 54.6 Å². The molecule has 3 heterocycles. The standard InChI is InChI=1S/C42H52F3N3O10/c1-3-5-7-18-40(19-8-6-4-2)56-33-31-23-41(39(53)47-24-29-10-9-11-30(22-29)37(51)46-20-21-49)35(38(52)55-31)48(58-36(41)34(33)57-40)25-28-14-12-27(13-15-28)16-17-32(50)54-26-42(43,44)45/h9-17,22,31,33-36,49H,3-8,18-21,23-26H2,1-2H3,(H,46,51)(H,47,53)/t31?,33-,34-,35-,36+,41?/m0/s1. The van der Waals surface area contributed by atoms with Crippen LogP contribution >= 0.6 is 0 Å². The number of ether oxygens (including phenoxy) is 4. The number of esters is 2. The molecule has 2 unspecified atom stereocenters. The minimum Gasteiger partial charge on any atom is -0.458 e. The molecule has 0 aromatic heterocycles. The summed E-state index contributed by atoms with van der Waals surface area (Å²) in [5, 5.41) is 16.2. The summed E-state index contributed by atoms with van der Waals surface area (Å²) in [6.45, 7) is 2.54. The average molecular weight is 816 g/mol. The van der Waals surface area contributed by atoms with Crippen LogP contribution in [-0.4, -0.2) is 96.1 Å². The first-order valence-corrected chi connectivity index (χ1v) is 20.1. The lowest BCUT2D eigenvalue weighted by atomic mass is 9.62. The maximum Gasteiger partial charge on any atom is 0.422 e. The monoisotopic (exact) mass is 815 g/mol. The summed E-state index contributed by atoms with van der Waals surface area (Å²) in [5.41, 5.74) is 0.742. The molecule has 1 aliphatic carbocycles. The lowest BCUT2D eigenvalue weighted by Crippen LogP contribution is -2.69. The SMILES string of the molecule is CCCCCC1(CCCCC)O[C@@H]2[C@H]3ON(Cc4ccc(C=CC(=O)OCC(F)(F)F)cc4)[C@H]4C(=O)OC(CC34C(=O)NCc3cccc(C(=O)NCCO)c3)[C@@H]2O1. The van der Waals surface area contributed by atoms with E-state index in [-0.39, 0.29) is 38.6 Å². The number of hydrogen-bond acceptors (Lipinski definition) is 11. The quantitative estimate of drug-likeness (QED) is 0.0961. The van der Waals surface area contributed by atoms with Crippen LogP contribution in [-0.2, 0) is 51.3 Å². The van der Waals surface area contributed by atoms with Gasteiger partial charge in [0.25, 0.3) is 5.91 Å². The van der Waals surface area contributed by atoms with E-state index in [1.807, 2.05) is 0 Å². The molecule has 58 heavy (non-hydrogen) atoms. The van der Waals surface area contributed by atoms with Gasteiger partial charge in [-0.3, -0.25) is 19.2 Å². The largest absolute Gasteiger partial charge is 0.458 e. The van der Waals surface area contributed by atoms with E-state index in [0.29, 0.717) is 35.1 Å². The van der Waals surface area contributed by atoms with Crippen LogP contribution in [0.5, 0.6) is 0 Å². The van der Waals surface area contributed by atoms with Gasteiger partial charge >= 0.3 is 18.1 Å². The molecule has 16 heteroatoms. The van der Waals surface area contributed by atoms with E-state index in [9.17, 15) is 32.3 Å². The zero-order valence-corrected chi connectivity index (χ0v) is 32.8. The van der Waals surface area contributed by atoms with Crippen LogP contribution in [0.4, 0.5) is 13.2 Å². The zero-order chi connectivity index (χ0) is 41.5. The number of nitrogens with zero attached hydrogens (tertiary/aromatic N) is 1. The minimum atomic E-state index is -4.64. The Kier molecular flexibility index (Phi) is 13.9. The molecule has 6 atom stereocenters. The third-order valence-corrected chi connectivity index (χ3v) is 11.1. The maximum atomic E-state index is 14.8. The fraction of sp³-hybridized carbons (Fsp3) is 0.571. The van der Waals surface area contributed by atoms with Crippen molar-refractivity contribution in [1.29, 1.82) is 0 Å². The molecule has 2 amide bonds. The van der Waals surface area contributed by atoms with Crippen molar-refractivity contribution in [2.75, 3.05) is 19.8 Å². The van der Waals surface area contributed by atoms with Crippen LogP contribution in [0.1, 0.15) is 98.7 Å². The molecule has 2 bridgehead atoms. The number of halogens is 3. The van der Waals surface area contributed by atoms with E-state index >= 15 is 0 Å². The van der Waals surface area contributed by atoms with Crippen LogP contribution in [0.2, 0.25) is 0 Å². The summed E-state index contributed by atoms with van der Waals surface area (Å²) in [6.07, 6.45) is 1.61. The van der Waals surface area contributed by atoms with Gasteiger partial charge in [-0.05, 0) is 47.7 Å². The number of fused-ring (bicyclic) bond motifs is 4. The number of hydroxylamine groups is 2. The molecule has 3 N–H and O–H groups in total. The number of carbonyl (C=O) groups excluding carboxylic acids is 4. The van der Waals surface area contributed by atoms with E-state index in [0.717, 1.165) is 44.6 Å². The van der Waals surface area contributed by atoms with Gasteiger partial charge in [0.15, 0.2) is 18.4 Å². The highest BCUT2D eigenvalue weighted by atomic mass is 19.4. The fourth-order valence-corrected chi connectivity index (χ4v) is 8.42. The molecule has 3 aliphatic heterocycles. The van der Waals surface area contributed by atoms with E-state index in [1.165, 1.54) is 11.1 Å². The number of carbonyl (C=O) groups is 4. The molecule has 13 nitrogen and oxygen atoms in total. The Labute approximate surface area is 335 Å². The van der Waals surface area contributed by atoms with E-state index in [4.69, 9.17) is 24.2 Å². The highest BCUT2D eigenvalue weighted by Crippen LogP contribution is 2.58. The van der Waals surface area contributed by atoms with E-state index < -0.39 is 72.3 Å². The Balaban J connectivity index is 1.27. The third kappa shape index (κ3) is 9.74. The predicted octanol–water partition coefficient (Wildman–Crippen LogP) is 5.28. The minimum absolute atomic E-state index is 0.0447. The number of benzene rings is 2. The van der Waals surface area contributed by atoms with Crippen molar-refractivity contribution in [2.45, 2.75) is 127 Å². The van der Waals surface area contributed by atoms with Crippen molar-refractivity contribution < 1.29 is 61.2 Å². The second-order valence-electron chi connectivity index (χ2n) is 15.4. The van der Waals surface area contributed by atoms with Gasteiger partial charge in [-0.25, -0.2) is 4.79 Å². The third-order valence-electron chi connectivity index (χ3n) is 11.1. The highest BCUT2D eigenvalue weighted by Gasteiger charge is 2.76. The Morgan fingerprint density at radius 1 is 0.966 bits per heavy atom. The van der Waals surface area contributed by atoms with Crippen LogP contribution in [0, 0.1) is 5.41 Å². The van der Waals surface area contributed by atoms with Crippen molar-refractivity contribution in [3.8, 4) is 0 Å². The van der Waals surface area contributed by atoms with Gasteiger partial charge < -0.3 is 34.7 Å². The molecule has 4 fully saturated rings. The molecule has 2 aromatic rings. The van der Waals surface area contributed by atoms with Crippen LogP contribution in [0.3, 0.4) is 0 Å². The first-order valence-electron chi connectivity index (χ1n) is 20.1. The molecule has 3 saturated heterocycles. The molecule has 6 rings (SSSR count). The second kappa shape index (κ2) is 18.7. The van der Waals surface area contributed by atoms with Gasteiger partial charge in [-0.2, -0.15) is 18.2 Å². The highest BCUT2D eigenvalue weighted by molar-refractivity contribution is 5.95. The van der Waals surface area contributed by atoms with Gasteiger partial charge in [0.05, 0.1) is 13.2 Å². The van der Waals surface area contributed by atoms with Crippen LogP contribution < -0.4 is 10.6 Å². The lowest BCUT2D eigenvalue weighted by molar-refractivity contribution is -0.224. The summed E-state index contributed by atoms with van der Waals surface area (Å²) >= 11 is 0. The van der Waals surface area contributed by atoms with Gasteiger partial charge in [0, 0.05) is 44.0 Å². The Morgan fingerprint density at radius 3 is 2.34 bits per heavy atom. The normalized spacial score (nSPS) is 26.0. The maximum absolute atomic E-state index is 14.8. The number of aliphatic hydroxyl groups excluding tert-OH is 1. The number of rotatable bonds is 19. The molecule has 4 aliphatic rings. The first kappa shape index (κ1) is 43.2. The molecule has 1 saturated carbocycles. The van der Waals surface area contributed by atoms with Gasteiger partial charge in [-0.15, -0.1) is 0 Å². The molecule has 2 aromatic carbocycles. The van der Waals surface area contributed by atoms with Gasteiger partial charge in [-0.1, -0.05) is 75.9 Å². The molecule has 0 radical (unpaired) electrons. The topological polar surface area (TPSA) is 162 Å². The number of amides is 2. The molecule has 0 spiro atoms. The summed E-state index contributed by atoms with van der Waals surface area (Å²) in [6, 6.07) is 12.3. The van der Waals surface area contributed by atoms with Gasteiger partial charge in [0.1, 0.15) is 29.8 Å². The second-order valence-corrected chi connectivity index (χ2v) is 15.4. The zero-order valence-electron chi connectivity index (χ0n) is 32.8. The lowest BCUT2D eigenvalue weighted by Gasteiger charge is -2.48. The van der Waals surface area contributed by atoms with E-state index in [1.54, 1.807) is 48.5 Å². The predicted molar refractivity (Wildman–Crippen MR) is 202 cm³/mol. The van der Waals surface area contributed by atoms with Crippen molar-refractivity contribution >= 4 is 29.8 Å². The summed E-state index contributed by atoms with van der Waals surface area (Å²) in [4.78, 5) is 60.0. The van der Waals surface area contributed by atoms with Crippen molar-refractivity contribution in [2.24, 2.45) is 5.41 Å². The van der Waals surface area contributed by atoms with E-state index in [2.05, 4.69) is 29.2 Å². The fourth-order valence-electron chi connectivity index (χ4n) is 8.42. The molecular formula is C42H52F3N3O10. The van der Waals surface area contributed by atoms with Crippen LogP contribution in [0.25, 0.3) is 6.08 Å².